The van der Waals surface area contributed by atoms with Crippen molar-refractivity contribution >= 4 is 5.69 Å². The van der Waals surface area contributed by atoms with Crippen LogP contribution in [0.3, 0.4) is 0 Å². The molecule has 0 bridgehead atoms. The normalized spacial score (nSPS) is 16.5. The first-order valence-corrected chi connectivity index (χ1v) is 6.44. The molecule has 2 aromatic rings. The Morgan fingerprint density at radius 3 is 3.00 bits per heavy atom. The van der Waals surface area contributed by atoms with Crippen LogP contribution in [-0.2, 0) is 4.74 Å². The average Bonchev–Trinajstić information content (AvgIpc) is 3.13. The van der Waals surface area contributed by atoms with Gasteiger partial charge in [-0.15, -0.1) is 0 Å². The standard InChI is InChI=1S/C13H16N4O2/c1-2-18-11(8-3-4-8)12-16-13(19-17-12)9-5-10(14)7-15-6-9/h5-8,11H,2-4,14H2,1H3. The number of hydrogen-bond acceptors (Lipinski definition) is 6. The highest BCUT2D eigenvalue weighted by Crippen LogP contribution is 2.42. The first-order valence-electron chi connectivity index (χ1n) is 6.44. The van der Waals surface area contributed by atoms with Crippen LogP contribution in [0.25, 0.3) is 11.5 Å². The van der Waals surface area contributed by atoms with E-state index < -0.39 is 0 Å². The van der Waals surface area contributed by atoms with Gasteiger partial charge in [0.25, 0.3) is 5.89 Å². The van der Waals surface area contributed by atoms with Gasteiger partial charge in [0, 0.05) is 19.0 Å². The maximum atomic E-state index is 5.70. The lowest BCUT2D eigenvalue weighted by molar-refractivity contribution is 0.0385. The van der Waals surface area contributed by atoms with Gasteiger partial charge in [-0.1, -0.05) is 5.16 Å². The molecule has 1 saturated carbocycles. The SMILES string of the molecule is CCOC(c1noc(-c2cncc(N)c2)n1)C1CC1. The number of ether oxygens (including phenoxy) is 1. The molecule has 0 saturated heterocycles. The lowest BCUT2D eigenvalue weighted by atomic mass is 10.2. The van der Waals surface area contributed by atoms with E-state index in [2.05, 4.69) is 15.1 Å². The highest BCUT2D eigenvalue weighted by molar-refractivity contribution is 5.57. The molecule has 0 aromatic carbocycles. The maximum Gasteiger partial charge on any atom is 0.259 e. The number of aromatic nitrogens is 3. The summed E-state index contributed by atoms with van der Waals surface area (Å²) in [4.78, 5) is 8.42. The Labute approximate surface area is 111 Å². The van der Waals surface area contributed by atoms with Gasteiger partial charge in [0.05, 0.1) is 11.3 Å². The number of nitrogens with two attached hydrogens (primary N) is 1. The Kier molecular flexibility index (Phi) is 3.16. The van der Waals surface area contributed by atoms with Crippen molar-refractivity contribution in [2.24, 2.45) is 5.92 Å². The third-order valence-corrected chi connectivity index (χ3v) is 3.10. The molecule has 0 spiro atoms. The molecule has 2 aromatic heterocycles. The van der Waals surface area contributed by atoms with Gasteiger partial charge in [-0.2, -0.15) is 4.98 Å². The predicted octanol–water partition coefficient (Wildman–Crippen LogP) is 2.20. The van der Waals surface area contributed by atoms with Gasteiger partial charge in [-0.25, -0.2) is 0 Å². The summed E-state index contributed by atoms with van der Waals surface area (Å²) >= 11 is 0. The zero-order valence-corrected chi connectivity index (χ0v) is 10.7. The maximum absolute atomic E-state index is 5.70. The van der Waals surface area contributed by atoms with E-state index in [9.17, 15) is 0 Å². The molecule has 2 heterocycles. The largest absolute Gasteiger partial charge is 0.397 e. The third kappa shape index (κ3) is 2.58. The summed E-state index contributed by atoms with van der Waals surface area (Å²) in [5.41, 5.74) is 6.99. The monoisotopic (exact) mass is 260 g/mol. The van der Waals surface area contributed by atoms with Crippen LogP contribution in [0.5, 0.6) is 0 Å². The lowest BCUT2D eigenvalue weighted by Gasteiger charge is -2.10. The van der Waals surface area contributed by atoms with Gasteiger partial charge < -0.3 is 15.0 Å². The Hall–Kier alpha value is -1.95. The number of hydrogen-bond donors (Lipinski definition) is 1. The lowest BCUT2D eigenvalue weighted by Crippen LogP contribution is -2.08. The van der Waals surface area contributed by atoms with E-state index in [1.165, 1.54) is 0 Å². The first-order chi connectivity index (χ1) is 9.28. The second-order valence-electron chi connectivity index (χ2n) is 4.68. The zero-order valence-electron chi connectivity index (χ0n) is 10.7. The molecule has 100 valence electrons. The molecule has 2 N–H and O–H groups in total. The number of rotatable bonds is 5. The summed E-state index contributed by atoms with van der Waals surface area (Å²) < 4.78 is 11.0. The van der Waals surface area contributed by atoms with E-state index in [0.717, 1.165) is 18.4 Å². The molecule has 1 fully saturated rings. The van der Waals surface area contributed by atoms with E-state index in [4.69, 9.17) is 15.0 Å². The molecule has 6 nitrogen and oxygen atoms in total. The minimum Gasteiger partial charge on any atom is -0.397 e. The first kappa shape index (κ1) is 12.1. The average molecular weight is 260 g/mol. The van der Waals surface area contributed by atoms with Crippen LogP contribution in [0.15, 0.2) is 23.0 Å². The molecule has 1 unspecified atom stereocenters. The molecule has 0 radical (unpaired) electrons. The molecule has 1 aliphatic carbocycles. The van der Waals surface area contributed by atoms with E-state index >= 15 is 0 Å². The van der Waals surface area contributed by atoms with Gasteiger partial charge in [-0.05, 0) is 31.7 Å². The van der Waals surface area contributed by atoms with Crippen molar-refractivity contribution in [1.29, 1.82) is 0 Å². The highest BCUT2D eigenvalue weighted by atomic mass is 16.5. The molecule has 3 rings (SSSR count). The molecule has 19 heavy (non-hydrogen) atoms. The second-order valence-corrected chi connectivity index (χ2v) is 4.68. The second kappa shape index (κ2) is 4.97. The van der Waals surface area contributed by atoms with Crippen molar-refractivity contribution in [3.63, 3.8) is 0 Å². The van der Waals surface area contributed by atoms with E-state index in [-0.39, 0.29) is 6.10 Å². The zero-order chi connectivity index (χ0) is 13.2. The van der Waals surface area contributed by atoms with Crippen LogP contribution >= 0.6 is 0 Å². The van der Waals surface area contributed by atoms with Crippen LogP contribution in [0, 0.1) is 5.92 Å². The summed E-state index contributed by atoms with van der Waals surface area (Å²) in [5, 5.41) is 4.02. The van der Waals surface area contributed by atoms with Crippen LogP contribution in [0.4, 0.5) is 5.69 Å². The fraction of sp³-hybridized carbons (Fsp3) is 0.462. The highest BCUT2D eigenvalue weighted by Gasteiger charge is 2.36. The van der Waals surface area contributed by atoms with Gasteiger partial charge in [0.2, 0.25) is 5.82 Å². The van der Waals surface area contributed by atoms with Crippen molar-refractivity contribution in [1.82, 2.24) is 15.1 Å². The van der Waals surface area contributed by atoms with Crippen molar-refractivity contribution in [2.75, 3.05) is 12.3 Å². The van der Waals surface area contributed by atoms with Crippen molar-refractivity contribution < 1.29 is 9.26 Å². The topological polar surface area (TPSA) is 87.1 Å². The fourth-order valence-electron chi connectivity index (χ4n) is 2.04. The summed E-state index contributed by atoms with van der Waals surface area (Å²) in [6, 6.07) is 1.76. The van der Waals surface area contributed by atoms with E-state index in [1.54, 1.807) is 18.5 Å². The Morgan fingerprint density at radius 1 is 1.47 bits per heavy atom. The minimum atomic E-state index is -0.0588. The molecule has 1 aliphatic rings. The van der Waals surface area contributed by atoms with Crippen LogP contribution < -0.4 is 5.73 Å². The van der Waals surface area contributed by atoms with Crippen LogP contribution in [-0.4, -0.2) is 21.7 Å². The summed E-state index contributed by atoms with van der Waals surface area (Å²) in [7, 11) is 0. The molecular weight excluding hydrogens is 244 g/mol. The van der Waals surface area contributed by atoms with Crippen LogP contribution in [0.1, 0.15) is 31.7 Å². The van der Waals surface area contributed by atoms with Gasteiger partial charge in [0.15, 0.2) is 0 Å². The Bertz CT molecular complexity index is 565. The minimum absolute atomic E-state index is 0.0588. The molecule has 0 amide bonds. The molecular formula is C13H16N4O2. The summed E-state index contributed by atoms with van der Waals surface area (Å²) in [6.07, 6.45) is 5.49. The quantitative estimate of drug-likeness (QED) is 0.886. The summed E-state index contributed by atoms with van der Waals surface area (Å²) in [6.45, 7) is 2.61. The summed E-state index contributed by atoms with van der Waals surface area (Å²) in [5.74, 6) is 1.56. The molecule has 6 heteroatoms. The number of anilines is 1. The third-order valence-electron chi connectivity index (χ3n) is 3.10. The van der Waals surface area contributed by atoms with Crippen molar-refractivity contribution in [3.8, 4) is 11.5 Å². The smallest absolute Gasteiger partial charge is 0.259 e. The Morgan fingerprint density at radius 2 is 2.32 bits per heavy atom. The van der Waals surface area contributed by atoms with Crippen molar-refractivity contribution in [3.05, 3.63) is 24.3 Å². The number of pyridine rings is 1. The fourth-order valence-corrected chi connectivity index (χ4v) is 2.04. The number of nitrogen functional groups attached to an aromatic ring is 1. The van der Waals surface area contributed by atoms with E-state index in [1.807, 2.05) is 6.92 Å². The van der Waals surface area contributed by atoms with Crippen LogP contribution in [0.2, 0.25) is 0 Å². The molecule has 1 atom stereocenters. The Balaban J connectivity index is 1.85. The van der Waals surface area contributed by atoms with Crippen molar-refractivity contribution in [2.45, 2.75) is 25.9 Å². The molecule has 0 aliphatic heterocycles. The predicted molar refractivity (Wildman–Crippen MR) is 69.0 cm³/mol. The van der Waals surface area contributed by atoms with Gasteiger partial charge in [-0.3, -0.25) is 4.98 Å². The van der Waals surface area contributed by atoms with Gasteiger partial charge in [0.1, 0.15) is 6.10 Å². The van der Waals surface area contributed by atoms with E-state index in [0.29, 0.717) is 29.9 Å². The number of nitrogens with zero attached hydrogens (tertiary/aromatic N) is 3. The van der Waals surface area contributed by atoms with Gasteiger partial charge >= 0.3 is 0 Å².